The average Bonchev–Trinajstić information content (AvgIpc) is 2.62. The number of aromatic nitrogens is 4. The van der Waals surface area contributed by atoms with Crippen LogP contribution in [0.5, 0.6) is 0 Å². The summed E-state index contributed by atoms with van der Waals surface area (Å²) in [6.07, 6.45) is 5.47. The Labute approximate surface area is 153 Å². The van der Waals surface area contributed by atoms with Crippen LogP contribution in [-0.2, 0) is 19.5 Å². The van der Waals surface area contributed by atoms with E-state index in [4.69, 9.17) is 0 Å². The number of rotatable bonds is 3. The second kappa shape index (κ2) is 6.85. The molecule has 0 saturated heterocycles. The van der Waals surface area contributed by atoms with Crippen molar-refractivity contribution in [2.75, 3.05) is 6.54 Å². The number of H-pyrrole nitrogens is 1. The van der Waals surface area contributed by atoms with Crippen LogP contribution in [0.3, 0.4) is 0 Å². The predicted octanol–water partition coefficient (Wildman–Crippen LogP) is 2.55. The van der Waals surface area contributed by atoms with Crippen LogP contribution >= 0.6 is 15.9 Å². The van der Waals surface area contributed by atoms with Gasteiger partial charge < -0.3 is 4.98 Å². The van der Waals surface area contributed by atoms with Gasteiger partial charge in [0, 0.05) is 42.1 Å². The predicted molar refractivity (Wildman–Crippen MR) is 97.8 cm³/mol. The van der Waals surface area contributed by atoms with Crippen LogP contribution in [0.2, 0.25) is 0 Å². The molecule has 0 fully saturated rings. The Morgan fingerprint density at radius 3 is 2.88 bits per heavy atom. The zero-order valence-electron chi connectivity index (χ0n) is 13.4. The average molecular weight is 398 g/mol. The second-order valence-electron chi connectivity index (χ2n) is 6.06. The third kappa shape index (κ3) is 3.52. The fraction of sp³-hybridized carbons (Fsp3) is 0.222. The lowest BCUT2D eigenvalue weighted by Gasteiger charge is -2.27. The molecule has 25 heavy (non-hydrogen) atoms. The molecule has 7 heteroatoms. The summed E-state index contributed by atoms with van der Waals surface area (Å²) < 4.78 is 1.07. The summed E-state index contributed by atoms with van der Waals surface area (Å²) in [4.78, 5) is 30.2. The molecule has 2 aromatic heterocycles. The fourth-order valence-electron chi connectivity index (χ4n) is 3.08. The third-order valence-electron chi connectivity index (χ3n) is 4.28. The maximum atomic E-state index is 12.4. The highest BCUT2D eigenvalue weighted by molar-refractivity contribution is 9.10. The van der Waals surface area contributed by atoms with E-state index in [-0.39, 0.29) is 5.56 Å². The monoisotopic (exact) mass is 397 g/mol. The van der Waals surface area contributed by atoms with E-state index < -0.39 is 0 Å². The lowest BCUT2D eigenvalue weighted by Crippen LogP contribution is -2.35. The van der Waals surface area contributed by atoms with Crippen molar-refractivity contribution in [1.29, 1.82) is 0 Å². The molecule has 6 nitrogen and oxygen atoms in total. The molecule has 0 bridgehead atoms. The molecule has 3 heterocycles. The van der Waals surface area contributed by atoms with Crippen LogP contribution in [0.15, 0.2) is 52.3 Å². The van der Waals surface area contributed by atoms with Crippen molar-refractivity contribution < 1.29 is 0 Å². The fourth-order valence-corrected chi connectivity index (χ4v) is 3.53. The van der Waals surface area contributed by atoms with Gasteiger partial charge in [0.05, 0.1) is 11.3 Å². The molecule has 0 saturated carbocycles. The molecule has 0 atom stereocenters. The van der Waals surface area contributed by atoms with E-state index in [0.717, 1.165) is 28.8 Å². The molecule has 3 aromatic rings. The van der Waals surface area contributed by atoms with E-state index >= 15 is 0 Å². The highest BCUT2D eigenvalue weighted by Crippen LogP contribution is 2.20. The lowest BCUT2D eigenvalue weighted by atomic mass is 10.1. The van der Waals surface area contributed by atoms with Gasteiger partial charge in [0.15, 0.2) is 0 Å². The first-order valence-corrected chi connectivity index (χ1v) is 8.82. The molecule has 0 unspecified atom stereocenters. The van der Waals surface area contributed by atoms with Gasteiger partial charge in [0.25, 0.3) is 5.56 Å². The third-order valence-corrected chi connectivity index (χ3v) is 4.78. The number of hydrogen-bond acceptors (Lipinski definition) is 5. The summed E-state index contributed by atoms with van der Waals surface area (Å²) in [7, 11) is 0. The van der Waals surface area contributed by atoms with Crippen LogP contribution < -0.4 is 5.56 Å². The van der Waals surface area contributed by atoms with Crippen molar-refractivity contribution in [1.82, 2.24) is 24.8 Å². The molecule has 0 aliphatic carbocycles. The zero-order valence-corrected chi connectivity index (χ0v) is 15.0. The summed E-state index contributed by atoms with van der Waals surface area (Å²) in [6.45, 7) is 2.33. The Kier molecular flexibility index (Phi) is 4.42. The van der Waals surface area contributed by atoms with E-state index in [1.807, 2.05) is 12.1 Å². The molecule has 126 valence electrons. The van der Waals surface area contributed by atoms with Crippen molar-refractivity contribution in [3.63, 3.8) is 0 Å². The first-order valence-electron chi connectivity index (χ1n) is 8.03. The first-order chi connectivity index (χ1) is 12.2. The minimum absolute atomic E-state index is 0.0639. The van der Waals surface area contributed by atoms with Crippen LogP contribution in [0, 0.1) is 0 Å². The van der Waals surface area contributed by atoms with Gasteiger partial charge in [-0.1, -0.05) is 28.1 Å². The highest BCUT2D eigenvalue weighted by atomic mass is 79.9. The smallest absolute Gasteiger partial charge is 0.254 e. The van der Waals surface area contributed by atoms with E-state index in [9.17, 15) is 4.79 Å². The summed E-state index contributed by atoms with van der Waals surface area (Å²) in [5, 5.41) is 0. The molecule has 0 amide bonds. The van der Waals surface area contributed by atoms with Gasteiger partial charge in [0.1, 0.15) is 12.2 Å². The van der Waals surface area contributed by atoms with Crippen molar-refractivity contribution in [3.05, 3.63) is 74.6 Å². The van der Waals surface area contributed by atoms with Crippen LogP contribution in [-0.4, -0.2) is 31.4 Å². The Morgan fingerprint density at radius 2 is 2.08 bits per heavy atom. The largest absolute Gasteiger partial charge is 0.306 e. The van der Waals surface area contributed by atoms with Crippen molar-refractivity contribution in [2.45, 2.75) is 19.5 Å². The topological polar surface area (TPSA) is 74.8 Å². The quantitative estimate of drug-likeness (QED) is 0.734. The number of aromatic amines is 1. The number of halogens is 1. The molecule has 1 aliphatic rings. The first kappa shape index (κ1) is 16.1. The van der Waals surface area contributed by atoms with Gasteiger partial charge in [0.2, 0.25) is 0 Å². The summed E-state index contributed by atoms with van der Waals surface area (Å²) in [6, 6.07) is 8.28. The number of hydrogen-bond donors (Lipinski definition) is 1. The molecule has 1 N–H and O–H groups in total. The molecule has 0 radical (unpaired) electrons. The summed E-state index contributed by atoms with van der Waals surface area (Å²) in [5.41, 5.74) is 3.51. The van der Waals surface area contributed by atoms with Gasteiger partial charge in [-0.25, -0.2) is 15.0 Å². The minimum Gasteiger partial charge on any atom is -0.306 e. The Hall–Kier alpha value is -2.38. The van der Waals surface area contributed by atoms with Gasteiger partial charge in [-0.05, 0) is 24.1 Å². The Bertz CT molecular complexity index is 957. The summed E-state index contributed by atoms with van der Waals surface area (Å²) in [5.74, 6) is 0.522. The van der Waals surface area contributed by atoms with E-state index in [0.29, 0.717) is 24.4 Å². The molecule has 4 rings (SSSR count). The van der Waals surface area contributed by atoms with Crippen LogP contribution in [0.4, 0.5) is 0 Å². The maximum absolute atomic E-state index is 12.4. The van der Waals surface area contributed by atoms with Gasteiger partial charge in [-0.2, -0.15) is 0 Å². The van der Waals surface area contributed by atoms with Crippen LogP contribution in [0.25, 0.3) is 11.4 Å². The highest BCUT2D eigenvalue weighted by Gasteiger charge is 2.21. The Balaban J connectivity index is 1.61. The molecular formula is C18H16BrN5O. The normalized spacial score (nSPS) is 14.3. The van der Waals surface area contributed by atoms with E-state index in [1.165, 1.54) is 11.9 Å². The van der Waals surface area contributed by atoms with E-state index in [2.05, 4.69) is 52.9 Å². The number of fused-ring (bicyclic) bond motifs is 1. The number of nitrogens with one attached hydrogen (secondary N) is 1. The van der Waals surface area contributed by atoms with Crippen molar-refractivity contribution in [2.24, 2.45) is 0 Å². The Morgan fingerprint density at radius 1 is 1.24 bits per heavy atom. The number of benzene rings is 1. The molecule has 1 aromatic carbocycles. The minimum atomic E-state index is -0.0639. The van der Waals surface area contributed by atoms with Crippen molar-refractivity contribution in [3.8, 4) is 11.4 Å². The van der Waals surface area contributed by atoms with Gasteiger partial charge in [-0.3, -0.25) is 9.69 Å². The SMILES string of the molecule is O=c1[nH]c(-c2cncnc2)nc2c1CCN(Cc1cccc(Br)c1)C2. The lowest BCUT2D eigenvalue weighted by molar-refractivity contribution is 0.240. The van der Waals surface area contributed by atoms with E-state index in [1.54, 1.807) is 12.4 Å². The van der Waals surface area contributed by atoms with Gasteiger partial charge >= 0.3 is 0 Å². The van der Waals surface area contributed by atoms with Crippen LogP contribution in [0.1, 0.15) is 16.8 Å². The molecule has 0 spiro atoms. The summed E-state index contributed by atoms with van der Waals surface area (Å²) >= 11 is 3.51. The maximum Gasteiger partial charge on any atom is 0.254 e. The second-order valence-corrected chi connectivity index (χ2v) is 6.97. The zero-order chi connectivity index (χ0) is 17.2. The molecular weight excluding hydrogens is 382 g/mol. The molecule has 1 aliphatic heterocycles. The standard InChI is InChI=1S/C18H16BrN5O/c19-14-3-1-2-12(6-14)9-24-5-4-15-16(10-24)22-17(23-18(15)25)13-7-20-11-21-8-13/h1-3,6-8,11H,4-5,9-10H2,(H,22,23,25). The van der Waals surface area contributed by atoms with Crippen molar-refractivity contribution >= 4 is 15.9 Å². The van der Waals surface area contributed by atoms with Gasteiger partial charge in [-0.15, -0.1) is 0 Å². The number of nitrogens with zero attached hydrogens (tertiary/aromatic N) is 4.